The Morgan fingerprint density at radius 2 is 2.17 bits per heavy atom. The summed E-state index contributed by atoms with van der Waals surface area (Å²) in [6.45, 7) is 1.71. The molecule has 3 N–H and O–H groups in total. The molecule has 0 radical (unpaired) electrons. The van der Waals surface area contributed by atoms with Crippen molar-refractivity contribution in [2.45, 2.75) is 18.9 Å². The van der Waals surface area contributed by atoms with E-state index in [1.54, 1.807) is 6.92 Å². The lowest BCUT2D eigenvalue weighted by Crippen LogP contribution is -2.24. The summed E-state index contributed by atoms with van der Waals surface area (Å²) in [7, 11) is 0. The molecule has 1 aliphatic heterocycles. The highest BCUT2D eigenvalue weighted by Crippen LogP contribution is 2.25. The van der Waals surface area contributed by atoms with Gasteiger partial charge in [0.05, 0.1) is 0 Å². The first-order valence-corrected chi connectivity index (χ1v) is 1.82. The molecule has 2 unspecified atom stereocenters. The van der Waals surface area contributed by atoms with Crippen molar-refractivity contribution in [3.63, 3.8) is 0 Å². The predicted molar refractivity (Wildman–Crippen MR) is 19.7 cm³/mol. The second-order valence-corrected chi connectivity index (χ2v) is 1.51. The summed E-state index contributed by atoms with van der Waals surface area (Å²) in [4.78, 5) is 0. The second kappa shape index (κ2) is 0.753. The molecule has 0 spiro atoms. The van der Waals surface area contributed by atoms with Crippen LogP contribution in [-0.2, 0) is 4.74 Å². The van der Waals surface area contributed by atoms with Gasteiger partial charge in [0.1, 0.15) is 6.10 Å². The molecule has 0 aliphatic carbocycles. The second-order valence-electron chi connectivity index (χ2n) is 1.51. The molecular formula is C3H7NO2. The molecule has 36 valence electrons. The molecule has 0 aromatic carbocycles. The highest BCUT2D eigenvalue weighted by molar-refractivity contribution is 4.81. The van der Waals surface area contributed by atoms with Crippen LogP contribution >= 0.6 is 0 Å². The van der Waals surface area contributed by atoms with Crippen LogP contribution in [0.2, 0.25) is 0 Å². The summed E-state index contributed by atoms with van der Waals surface area (Å²) in [5.41, 5.74) is 4.94. The van der Waals surface area contributed by atoms with Crippen LogP contribution in [0.4, 0.5) is 0 Å². The average Bonchev–Trinajstić information content (AvgIpc) is 1.73. The Morgan fingerprint density at radius 1 is 2.00 bits per heavy atom. The van der Waals surface area contributed by atoms with Crippen LogP contribution in [0.3, 0.4) is 0 Å². The largest absolute Gasteiger partial charge is 0.351 e. The van der Waals surface area contributed by atoms with Gasteiger partial charge in [-0.2, -0.15) is 0 Å². The fraction of sp³-hybridized carbons (Fsp3) is 1.00. The SMILES string of the molecule is CC1OC1(N)O. The minimum atomic E-state index is -1.29. The molecule has 1 rings (SSSR count). The zero-order valence-electron chi connectivity index (χ0n) is 3.51. The van der Waals surface area contributed by atoms with Crippen LogP contribution in [0.1, 0.15) is 6.92 Å². The van der Waals surface area contributed by atoms with Crippen molar-refractivity contribution in [1.82, 2.24) is 0 Å². The summed E-state index contributed by atoms with van der Waals surface area (Å²) in [5, 5.41) is 8.46. The maximum absolute atomic E-state index is 8.46. The average molecular weight is 89.1 g/mol. The van der Waals surface area contributed by atoms with Gasteiger partial charge in [-0.05, 0) is 6.92 Å². The van der Waals surface area contributed by atoms with E-state index in [1.165, 1.54) is 0 Å². The normalized spacial score (nSPS) is 55.5. The molecule has 1 aliphatic rings. The molecule has 1 heterocycles. The summed E-state index contributed by atoms with van der Waals surface area (Å²) in [6, 6.07) is 0. The van der Waals surface area contributed by atoms with E-state index >= 15 is 0 Å². The van der Waals surface area contributed by atoms with Gasteiger partial charge >= 0.3 is 0 Å². The molecule has 0 amide bonds. The molecule has 1 fully saturated rings. The fourth-order valence-corrected chi connectivity index (χ4v) is 0.249. The predicted octanol–water partition coefficient (Wildman–Crippen LogP) is -0.990. The standard InChI is InChI=1S/C3H7NO2/c1-2-3(4,5)6-2/h2,5H,4H2,1H3. The van der Waals surface area contributed by atoms with Gasteiger partial charge < -0.3 is 9.84 Å². The summed E-state index contributed by atoms with van der Waals surface area (Å²) in [6.07, 6.45) is -0.169. The van der Waals surface area contributed by atoms with Crippen molar-refractivity contribution >= 4 is 0 Å². The monoisotopic (exact) mass is 89.0 g/mol. The molecule has 0 aromatic heterocycles. The van der Waals surface area contributed by atoms with Gasteiger partial charge in [-0.3, -0.25) is 5.73 Å². The topological polar surface area (TPSA) is 58.8 Å². The number of rotatable bonds is 0. The molecule has 3 heteroatoms. The van der Waals surface area contributed by atoms with Crippen LogP contribution in [-0.4, -0.2) is 17.1 Å². The van der Waals surface area contributed by atoms with Crippen molar-refractivity contribution in [3.8, 4) is 0 Å². The van der Waals surface area contributed by atoms with E-state index < -0.39 is 5.91 Å². The number of ether oxygens (including phenoxy) is 1. The lowest BCUT2D eigenvalue weighted by molar-refractivity contribution is 0.0430. The van der Waals surface area contributed by atoms with E-state index in [0.29, 0.717) is 0 Å². The quantitative estimate of drug-likeness (QED) is 0.296. The third-order valence-electron chi connectivity index (χ3n) is 0.891. The van der Waals surface area contributed by atoms with Gasteiger partial charge in [0, 0.05) is 0 Å². The minimum absolute atomic E-state index is 0.169. The maximum Gasteiger partial charge on any atom is 0.250 e. The molecular weight excluding hydrogens is 82.0 g/mol. The maximum atomic E-state index is 8.46. The minimum Gasteiger partial charge on any atom is -0.351 e. The highest BCUT2D eigenvalue weighted by Gasteiger charge is 2.48. The third-order valence-corrected chi connectivity index (χ3v) is 0.891. The Hall–Kier alpha value is -0.120. The fourth-order valence-electron chi connectivity index (χ4n) is 0.249. The Labute approximate surface area is 35.7 Å². The Balaban J connectivity index is 2.41. The summed E-state index contributed by atoms with van der Waals surface area (Å²) in [5.74, 6) is -1.29. The van der Waals surface area contributed by atoms with Crippen molar-refractivity contribution in [2.24, 2.45) is 5.73 Å². The number of hydrogen-bond donors (Lipinski definition) is 2. The van der Waals surface area contributed by atoms with Crippen molar-refractivity contribution in [3.05, 3.63) is 0 Å². The highest BCUT2D eigenvalue weighted by atomic mass is 16.8. The van der Waals surface area contributed by atoms with Gasteiger partial charge in [0.25, 0.3) is 0 Å². The Kier molecular flexibility index (Phi) is 0.508. The molecule has 3 nitrogen and oxygen atoms in total. The van der Waals surface area contributed by atoms with Crippen LogP contribution in [0.25, 0.3) is 0 Å². The van der Waals surface area contributed by atoms with Gasteiger partial charge in [0.15, 0.2) is 0 Å². The van der Waals surface area contributed by atoms with Gasteiger partial charge in [0.2, 0.25) is 5.91 Å². The Morgan fingerprint density at radius 3 is 2.17 bits per heavy atom. The molecule has 6 heavy (non-hydrogen) atoms. The van der Waals surface area contributed by atoms with Crippen LogP contribution in [0.5, 0.6) is 0 Å². The molecule has 1 saturated heterocycles. The smallest absolute Gasteiger partial charge is 0.250 e. The summed E-state index contributed by atoms with van der Waals surface area (Å²) >= 11 is 0. The van der Waals surface area contributed by atoms with Crippen LogP contribution in [0, 0.1) is 0 Å². The van der Waals surface area contributed by atoms with Gasteiger partial charge in [-0.15, -0.1) is 0 Å². The molecule has 0 saturated carbocycles. The van der Waals surface area contributed by atoms with E-state index in [0.717, 1.165) is 0 Å². The van der Waals surface area contributed by atoms with Gasteiger partial charge in [-0.1, -0.05) is 0 Å². The van der Waals surface area contributed by atoms with Crippen LogP contribution < -0.4 is 5.73 Å². The van der Waals surface area contributed by atoms with Gasteiger partial charge in [-0.25, -0.2) is 0 Å². The zero-order valence-corrected chi connectivity index (χ0v) is 3.51. The molecule has 0 aromatic rings. The zero-order chi connectivity index (χ0) is 4.78. The van der Waals surface area contributed by atoms with E-state index in [2.05, 4.69) is 4.74 Å². The first-order chi connectivity index (χ1) is 2.63. The van der Waals surface area contributed by atoms with E-state index in [9.17, 15) is 0 Å². The van der Waals surface area contributed by atoms with E-state index in [4.69, 9.17) is 10.8 Å². The van der Waals surface area contributed by atoms with Crippen molar-refractivity contribution in [2.75, 3.05) is 0 Å². The van der Waals surface area contributed by atoms with Crippen molar-refractivity contribution in [1.29, 1.82) is 0 Å². The first kappa shape index (κ1) is 4.05. The third kappa shape index (κ3) is 0.408. The number of hydrogen-bond acceptors (Lipinski definition) is 3. The van der Waals surface area contributed by atoms with E-state index in [1.807, 2.05) is 0 Å². The molecule has 0 bridgehead atoms. The lowest BCUT2D eigenvalue weighted by atomic mass is 10.5. The Bertz CT molecular complexity index is 71.2. The molecule has 2 atom stereocenters. The van der Waals surface area contributed by atoms with Crippen LogP contribution in [0.15, 0.2) is 0 Å². The number of nitrogens with two attached hydrogens (primary N) is 1. The summed E-state index contributed by atoms with van der Waals surface area (Å²) < 4.78 is 4.44. The van der Waals surface area contributed by atoms with E-state index in [-0.39, 0.29) is 6.10 Å². The number of epoxide rings is 1. The number of aliphatic hydroxyl groups is 1. The first-order valence-electron chi connectivity index (χ1n) is 1.82. The lowest BCUT2D eigenvalue weighted by Gasteiger charge is -1.85. The van der Waals surface area contributed by atoms with Crippen molar-refractivity contribution < 1.29 is 9.84 Å².